The molecule has 0 aromatic heterocycles. The summed E-state index contributed by atoms with van der Waals surface area (Å²) in [5, 5.41) is 6.39. The van der Waals surface area contributed by atoms with Crippen LogP contribution in [0, 0.1) is 17.8 Å². The summed E-state index contributed by atoms with van der Waals surface area (Å²) in [4.78, 5) is 99.6. The fourth-order valence-corrected chi connectivity index (χ4v) is 8.84. The van der Waals surface area contributed by atoms with Crippen LogP contribution in [-0.2, 0) is 39.9 Å². The van der Waals surface area contributed by atoms with Crippen LogP contribution in [0.15, 0.2) is 59.6 Å². The van der Waals surface area contributed by atoms with Crippen molar-refractivity contribution in [2.24, 2.45) is 22.7 Å². The number of carbonyl (C=O) groups is 6. The molecule has 0 aliphatic carbocycles. The van der Waals surface area contributed by atoms with Gasteiger partial charge in [0.05, 0.1) is 54.4 Å². The number of benzene rings is 2. The van der Waals surface area contributed by atoms with E-state index in [9.17, 15) is 28.8 Å². The Kier molecular flexibility index (Phi) is 19.5. The van der Waals surface area contributed by atoms with Crippen LogP contribution in [0.5, 0.6) is 0 Å². The van der Waals surface area contributed by atoms with Crippen molar-refractivity contribution in [3.8, 4) is 0 Å². The Morgan fingerprint density at radius 2 is 1.45 bits per heavy atom. The molecule has 2 aromatic rings. The zero-order valence-electron chi connectivity index (χ0n) is 40.4. The number of ether oxygens (including phenoxy) is 2. The fourth-order valence-electron chi connectivity index (χ4n) is 8.84. The largest absolute Gasteiger partial charge is 0.379 e. The molecule has 0 spiro atoms. The van der Waals surface area contributed by atoms with Crippen molar-refractivity contribution >= 4 is 41.4 Å². The first kappa shape index (κ1) is 52.2. The van der Waals surface area contributed by atoms with Gasteiger partial charge in [-0.05, 0) is 42.4 Å². The van der Waals surface area contributed by atoms with E-state index in [0.717, 1.165) is 12.0 Å². The van der Waals surface area contributed by atoms with Gasteiger partial charge < -0.3 is 39.7 Å². The first-order valence-corrected chi connectivity index (χ1v) is 22.6. The number of guanidine groups is 1. The monoisotopic (exact) mass is 905 g/mol. The molecule has 1 fully saturated rings. The number of nitrogens with zero attached hydrogens (tertiary/aromatic N) is 6. The Hall–Kier alpha value is -5.39. The molecule has 2 N–H and O–H groups in total. The molecule has 2 aliphatic heterocycles. The van der Waals surface area contributed by atoms with Gasteiger partial charge >= 0.3 is 0 Å². The standard InChI is InChI=1S/C48H72N8O9/c1-13-31(4)41(54(10)47(62)40(30(2)3)51-48(52(6)7)53(8)9)38(63-11)29-39(57)55-26-19-24-37(55)42(64-12)32(5)43(58)50-36(28-33-20-15-14-16-21-33)44(59)49-25-27-65-56-45(60)34-22-17-18-23-35(34)46(56)61/h14-18,20-23,30-32,36-38,40-42H,13,19,24-29H2,1-12H3,(H,49,59)(H,50,58)/t31-,32+,36?,37?,38+,40?,41-,42+/m0/s1. The zero-order chi connectivity index (χ0) is 48.1. The number of fused-ring (bicyclic) bond motifs is 1. The Morgan fingerprint density at radius 3 is 1.98 bits per heavy atom. The van der Waals surface area contributed by atoms with E-state index >= 15 is 0 Å². The Morgan fingerprint density at radius 1 is 0.846 bits per heavy atom. The summed E-state index contributed by atoms with van der Waals surface area (Å²) in [7, 11) is 12.4. The molecular formula is C48H72N8O9. The number of methoxy groups -OCH3 is 2. The third kappa shape index (κ3) is 12.9. The van der Waals surface area contributed by atoms with E-state index in [1.165, 1.54) is 7.11 Å². The summed E-state index contributed by atoms with van der Waals surface area (Å²) < 4.78 is 12.1. The molecule has 1 saturated heterocycles. The summed E-state index contributed by atoms with van der Waals surface area (Å²) in [5.41, 5.74) is 1.30. The van der Waals surface area contributed by atoms with Gasteiger partial charge in [0, 0.05) is 69.0 Å². The van der Waals surface area contributed by atoms with Crippen LogP contribution in [0.1, 0.15) is 86.6 Å². The molecule has 6 amide bonds. The van der Waals surface area contributed by atoms with Crippen LogP contribution in [0.25, 0.3) is 0 Å². The van der Waals surface area contributed by atoms with Gasteiger partial charge in [-0.25, -0.2) is 4.99 Å². The lowest BCUT2D eigenvalue weighted by Gasteiger charge is -2.40. The molecule has 3 unspecified atom stereocenters. The lowest BCUT2D eigenvalue weighted by molar-refractivity contribution is -0.146. The van der Waals surface area contributed by atoms with Crippen LogP contribution in [-0.4, -0.2) is 172 Å². The minimum absolute atomic E-state index is 0.00292. The van der Waals surface area contributed by atoms with Gasteiger partial charge in [0.1, 0.15) is 12.1 Å². The van der Waals surface area contributed by atoms with Gasteiger partial charge in [-0.2, -0.15) is 0 Å². The number of nitrogens with one attached hydrogen (secondary N) is 2. The maximum Gasteiger partial charge on any atom is 0.285 e. The number of likely N-dealkylation sites (N-methyl/N-ethyl adjacent to an activating group) is 1. The van der Waals surface area contributed by atoms with Crippen LogP contribution < -0.4 is 10.6 Å². The zero-order valence-corrected chi connectivity index (χ0v) is 40.4. The van der Waals surface area contributed by atoms with E-state index in [-0.39, 0.29) is 60.8 Å². The molecule has 0 radical (unpaired) electrons. The molecule has 2 heterocycles. The van der Waals surface area contributed by atoms with Crippen LogP contribution in [0.2, 0.25) is 0 Å². The van der Waals surface area contributed by atoms with Crippen molar-refractivity contribution in [1.29, 1.82) is 0 Å². The average molecular weight is 905 g/mol. The second-order valence-electron chi connectivity index (χ2n) is 17.8. The van der Waals surface area contributed by atoms with E-state index in [2.05, 4.69) is 24.5 Å². The second kappa shape index (κ2) is 24.2. The summed E-state index contributed by atoms with van der Waals surface area (Å²) in [5.74, 6) is -2.64. The third-order valence-electron chi connectivity index (χ3n) is 12.5. The van der Waals surface area contributed by atoms with Gasteiger partial charge in [-0.3, -0.25) is 33.6 Å². The number of hydrogen-bond donors (Lipinski definition) is 2. The Balaban J connectivity index is 1.46. The van der Waals surface area contributed by atoms with E-state index in [4.69, 9.17) is 19.3 Å². The highest BCUT2D eigenvalue weighted by atomic mass is 16.7. The summed E-state index contributed by atoms with van der Waals surface area (Å²) >= 11 is 0. The topological polar surface area (TPSA) is 183 Å². The number of carbonyl (C=O) groups excluding carboxylic acids is 6. The van der Waals surface area contributed by atoms with Crippen molar-refractivity contribution in [3.05, 3.63) is 71.3 Å². The number of imide groups is 1. The molecule has 17 nitrogen and oxygen atoms in total. The number of hydroxylamine groups is 2. The summed E-state index contributed by atoms with van der Waals surface area (Å²) in [6.07, 6.45) is 0.876. The third-order valence-corrected chi connectivity index (χ3v) is 12.5. The smallest absolute Gasteiger partial charge is 0.285 e. The Bertz CT molecular complexity index is 1930. The number of rotatable bonds is 22. The highest BCUT2D eigenvalue weighted by Gasteiger charge is 2.43. The van der Waals surface area contributed by atoms with Crippen molar-refractivity contribution in [2.75, 3.05) is 69.2 Å². The highest BCUT2D eigenvalue weighted by Crippen LogP contribution is 2.30. The van der Waals surface area contributed by atoms with Crippen LogP contribution in [0.4, 0.5) is 0 Å². The predicted octanol–water partition coefficient (Wildman–Crippen LogP) is 3.48. The van der Waals surface area contributed by atoms with Crippen LogP contribution >= 0.6 is 0 Å². The molecule has 17 heteroatoms. The first-order chi connectivity index (χ1) is 30.9. The van der Waals surface area contributed by atoms with Gasteiger partial charge in [-0.1, -0.05) is 83.5 Å². The number of amides is 6. The maximum atomic E-state index is 14.4. The van der Waals surface area contributed by atoms with Gasteiger partial charge in [0.25, 0.3) is 11.8 Å². The number of aliphatic imine (C=N–C) groups is 1. The van der Waals surface area contributed by atoms with Gasteiger partial charge in [0.15, 0.2) is 5.96 Å². The van der Waals surface area contributed by atoms with E-state index in [1.54, 1.807) is 55.1 Å². The van der Waals surface area contributed by atoms with Gasteiger partial charge in [-0.15, -0.1) is 5.06 Å². The molecule has 4 rings (SSSR count). The van der Waals surface area contributed by atoms with Gasteiger partial charge in [0.2, 0.25) is 23.6 Å². The molecule has 0 bridgehead atoms. The molecule has 358 valence electrons. The lowest BCUT2D eigenvalue weighted by atomic mass is 9.89. The van der Waals surface area contributed by atoms with E-state index in [0.29, 0.717) is 30.4 Å². The molecule has 0 saturated carbocycles. The maximum absolute atomic E-state index is 14.4. The first-order valence-electron chi connectivity index (χ1n) is 22.6. The lowest BCUT2D eigenvalue weighted by Crippen LogP contribution is -2.55. The van der Waals surface area contributed by atoms with Crippen molar-refractivity contribution in [3.63, 3.8) is 0 Å². The van der Waals surface area contributed by atoms with Crippen molar-refractivity contribution < 1.29 is 43.1 Å². The molecule has 2 aliphatic rings. The van der Waals surface area contributed by atoms with Crippen molar-refractivity contribution in [1.82, 2.24) is 35.3 Å². The quantitative estimate of drug-likeness (QED) is 0.0764. The number of hydrogen-bond acceptors (Lipinski definition) is 10. The second-order valence-corrected chi connectivity index (χ2v) is 17.8. The minimum atomic E-state index is -0.997. The molecule has 8 atom stereocenters. The fraction of sp³-hybridized carbons (Fsp3) is 0.604. The Labute approximate surface area is 385 Å². The predicted molar refractivity (Wildman–Crippen MR) is 248 cm³/mol. The summed E-state index contributed by atoms with van der Waals surface area (Å²) in [6, 6.07) is 13.1. The normalized spacial score (nSPS) is 18.0. The molecule has 65 heavy (non-hydrogen) atoms. The average Bonchev–Trinajstić information content (AvgIpc) is 3.86. The molecular weight excluding hydrogens is 833 g/mol. The SMILES string of the molecule is CC[C@H](C)[C@@H]([C@@H](CC(=O)N1CCCC1[C@H](OC)[C@@H](C)C(=O)NC(Cc1ccccc1)C(=O)NCCON1C(=O)c2ccccc2C1=O)OC)N(C)C(=O)C(N=C(N(C)C)N(C)C)C(C)C. The van der Waals surface area contributed by atoms with Crippen molar-refractivity contribution in [2.45, 2.75) is 103 Å². The van der Waals surface area contributed by atoms with Crippen LogP contribution in [0.3, 0.4) is 0 Å². The number of likely N-dealkylation sites (tertiary alicyclic amines) is 1. The summed E-state index contributed by atoms with van der Waals surface area (Å²) in [6.45, 7) is 10.0. The van der Waals surface area contributed by atoms with E-state index < -0.39 is 65.9 Å². The molecule has 2 aromatic carbocycles. The highest BCUT2D eigenvalue weighted by molar-refractivity contribution is 6.20. The minimum Gasteiger partial charge on any atom is -0.379 e. The van der Waals surface area contributed by atoms with E-state index in [1.807, 2.05) is 82.2 Å².